The summed E-state index contributed by atoms with van der Waals surface area (Å²) < 4.78 is 36.2. The maximum Gasteiger partial charge on any atom is 0.217 e. The van der Waals surface area contributed by atoms with Crippen molar-refractivity contribution in [3.8, 4) is 17.1 Å². The molecule has 5 aromatic rings. The molecule has 0 bridgehead atoms. The van der Waals surface area contributed by atoms with E-state index in [-0.39, 0.29) is 12.4 Å². The summed E-state index contributed by atoms with van der Waals surface area (Å²) in [5, 5.41) is 4.54. The van der Waals surface area contributed by atoms with E-state index in [1.165, 1.54) is 18.5 Å². The molecule has 2 aromatic heterocycles. The van der Waals surface area contributed by atoms with E-state index in [4.69, 9.17) is 30.2 Å². The molecule has 9 heteroatoms. The molecule has 3 heterocycles. The fraction of sp³-hybridized carbons (Fsp3) is 0.143. The van der Waals surface area contributed by atoms with E-state index in [0.29, 0.717) is 46.9 Å². The third-order valence-electron chi connectivity index (χ3n) is 5.88. The first kappa shape index (κ1) is 23.4. The number of ether oxygens (including phenoxy) is 3. The Bertz CT molecular complexity index is 1570. The van der Waals surface area contributed by atoms with Crippen molar-refractivity contribution in [2.75, 3.05) is 18.5 Å². The van der Waals surface area contributed by atoms with Gasteiger partial charge in [-0.05, 0) is 66.2 Å². The molecule has 1 aliphatic heterocycles. The average molecular weight is 518 g/mol. The summed E-state index contributed by atoms with van der Waals surface area (Å²) in [6.07, 6.45) is 1.03. The Balaban J connectivity index is 1.22. The summed E-state index contributed by atoms with van der Waals surface area (Å²) in [5.74, 6) is 2.12. The smallest absolute Gasteiger partial charge is 0.217 e. The Morgan fingerprint density at radius 3 is 2.70 bits per heavy atom. The second-order valence-corrected chi connectivity index (χ2v) is 8.83. The molecule has 0 radical (unpaired) electrons. The Morgan fingerprint density at radius 1 is 0.973 bits per heavy atom. The second kappa shape index (κ2) is 10.2. The normalized spacial score (nSPS) is 13.8. The molecular formula is C28H21ClFN3O4. The van der Waals surface area contributed by atoms with Crippen molar-refractivity contribution in [2.24, 2.45) is 0 Å². The minimum atomic E-state index is -0.472. The summed E-state index contributed by atoms with van der Waals surface area (Å²) >= 11 is 6.47. The molecule has 0 amide bonds. The summed E-state index contributed by atoms with van der Waals surface area (Å²) in [6, 6.07) is 21.2. The highest BCUT2D eigenvalue weighted by Gasteiger charge is 2.22. The number of aromatic nitrogens is 2. The van der Waals surface area contributed by atoms with E-state index in [0.717, 1.165) is 22.2 Å². The zero-order chi connectivity index (χ0) is 25.2. The quantitative estimate of drug-likeness (QED) is 0.248. The lowest BCUT2D eigenvalue weighted by Gasteiger charge is -2.12. The first-order valence-electron chi connectivity index (χ1n) is 11.6. The number of halogens is 2. The molecule has 1 fully saturated rings. The number of hydrogen-bond acceptors (Lipinski definition) is 7. The molecule has 37 heavy (non-hydrogen) atoms. The first-order chi connectivity index (χ1) is 18.1. The minimum absolute atomic E-state index is 0.205. The van der Waals surface area contributed by atoms with Crippen LogP contribution in [0.5, 0.6) is 5.75 Å². The molecule has 7 nitrogen and oxygen atoms in total. The van der Waals surface area contributed by atoms with Crippen molar-refractivity contribution < 1.29 is 23.0 Å². The molecule has 1 N–H and O–H groups in total. The van der Waals surface area contributed by atoms with Gasteiger partial charge in [-0.25, -0.2) is 14.4 Å². The van der Waals surface area contributed by atoms with E-state index >= 15 is 0 Å². The van der Waals surface area contributed by atoms with Gasteiger partial charge in [-0.15, -0.1) is 0 Å². The van der Waals surface area contributed by atoms with Crippen LogP contribution in [0.3, 0.4) is 0 Å². The Hall–Kier alpha value is -3.98. The van der Waals surface area contributed by atoms with Crippen molar-refractivity contribution in [1.82, 2.24) is 9.97 Å². The van der Waals surface area contributed by atoms with Crippen LogP contribution in [0.2, 0.25) is 5.02 Å². The van der Waals surface area contributed by atoms with Gasteiger partial charge in [0, 0.05) is 16.6 Å². The lowest BCUT2D eigenvalue weighted by atomic mass is 10.1. The number of rotatable bonds is 7. The third kappa shape index (κ3) is 5.13. The van der Waals surface area contributed by atoms with Crippen LogP contribution in [0.25, 0.3) is 22.2 Å². The molecule has 3 aromatic carbocycles. The lowest BCUT2D eigenvalue weighted by Crippen LogP contribution is -1.99. The van der Waals surface area contributed by atoms with Crippen LogP contribution in [-0.2, 0) is 16.1 Å². The number of hydrogen-bond donors (Lipinski definition) is 1. The summed E-state index contributed by atoms with van der Waals surface area (Å²) in [7, 11) is 0. The molecule has 0 unspecified atom stereocenters. The topological polar surface area (TPSA) is 78.6 Å². The first-order valence-corrected chi connectivity index (χ1v) is 12.0. The van der Waals surface area contributed by atoms with Gasteiger partial charge in [-0.2, -0.15) is 0 Å². The van der Waals surface area contributed by atoms with Crippen LogP contribution in [-0.4, -0.2) is 23.2 Å². The van der Waals surface area contributed by atoms with Gasteiger partial charge in [-0.1, -0.05) is 23.7 Å². The number of anilines is 2. The van der Waals surface area contributed by atoms with Crippen molar-refractivity contribution in [3.63, 3.8) is 0 Å². The predicted molar refractivity (Wildman–Crippen MR) is 137 cm³/mol. The fourth-order valence-corrected chi connectivity index (χ4v) is 4.32. The number of benzene rings is 3. The van der Waals surface area contributed by atoms with Crippen LogP contribution >= 0.6 is 11.6 Å². The molecule has 0 saturated carbocycles. The highest BCUT2D eigenvalue weighted by molar-refractivity contribution is 6.32. The van der Waals surface area contributed by atoms with Crippen LogP contribution in [0, 0.1) is 5.82 Å². The Kier molecular flexibility index (Phi) is 6.44. The number of furan rings is 1. The van der Waals surface area contributed by atoms with Gasteiger partial charge in [-0.3, -0.25) is 0 Å². The van der Waals surface area contributed by atoms with Crippen LogP contribution < -0.4 is 10.1 Å². The largest absolute Gasteiger partial charge is 0.487 e. The Morgan fingerprint density at radius 2 is 1.86 bits per heavy atom. The van der Waals surface area contributed by atoms with Gasteiger partial charge < -0.3 is 23.9 Å². The SMILES string of the molecule is Fc1cccc(COc2ccc(Nc3ncnc4ccc(-c5ccc(C6OCCO6)o5)cc34)cc2Cl)c1. The monoisotopic (exact) mass is 517 g/mol. The van der Waals surface area contributed by atoms with Crippen molar-refractivity contribution >= 4 is 34.0 Å². The van der Waals surface area contributed by atoms with Crippen LogP contribution in [0.1, 0.15) is 17.6 Å². The van der Waals surface area contributed by atoms with Gasteiger partial charge in [0.2, 0.25) is 6.29 Å². The van der Waals surface area contributed by atoms with Gasteiger partial charge >= 0.3 is 0 Å². The van der Waals surface area contributed by atoms with Gasteiger partial charge in [0.05, 0.1) is 23.8 Å². The van der Waals surface area contributed by atoms with E-state index < -0.39 is 6.29 Å². The van der Waals surface area contributed by atoms with E-state index in [2.05, 4.69) is 15.3 Å². The lowest BCUT2D eigenvalue weighted by molar-refractivity contribution is -0.0585. The molecule has 0 atom stereocenters. The number of nitrogens with one attached hydrogen (secondary N) is 1. The molecular weight excluding hydrogens is 497 g/mol. The van der Waals surface area contributed by atoms with Gasteiger partial charge in [0.1, 0.15) is 36.1 Å². The van der Waals surface area contributed by atoms with E-state index in [1.54, 1.807) is 24.3 Å². The molecule has 6 rings (SSSR count). The van der Waals surface area contributed by atoms with Crippen molar-refractivity contribution in [3.05, 3.63) is 101 Å². The highest BCUT2D eigenvalue weighted by Crippen LogP contribution is 2.34. The third-order valence-corrected chi connectivity index (χ3v) is 6.17. The van der Waals surface area contributed by atoms with Crippen LogP contribution in [0.15, 0.2) is 83.5 Å². The zero-order valence-electron chi connectivity index (χ0n) is 19.5. The minimum Gasteiger partial charge on any atom is -0.487 e. The van der Waals surface area contributed by atoms with Crippen molar-refractivity contribution in [1.29, 1.82) is 0 Å². The summed E-state index contributed by atoms with van der Waals surface area (Å²) in [4.78, 5) is 8.82. The number of fused-ring (bicyclic) bond motifs is 1. The van der Waals surface area contributed by atoms with Crippen LogP contribution in [0.4, 0.5) is 15.9 Å². The molecule has 186 valence electrons. The highest BCUT2D eigenvalue weighted by atomic mass is 35.5. The van der Waals surface area contributed by atoms with Gasteiger partial charge in [0.25, 0.3) is 0 Å². The number of nitrogens with zero attached hydrogens (tertiary/aromatic N) is 2. The van der Waals surface area contributed by atoms with Gasteiger partial charge in [0.15, 0.2) is 5.76 Å². The molecule has 0 spiro atoms. The Labute approximate surface area is 216 Å². The summed E-state index contributed by atoms with van der Waals surface area (Å²) in [6.45, 7) is 1.30. The standard InChI is InChI=1S/C28H21ClFN3O4/c29-22-14-20(5-7-25(22)36-15-17-2-1-3-19(30)12-17)33-27-21-13-18(4-6-23(21)31-16-32-27)24-8-9-26(37-24)28-34-10-11-35-28/h1-9,12-14,16,28H,10-11,15H2,(H,31,32,33). The average Bonchev–Trinajstić information content (AvgIpc) is 3.61. The fourth-order valence-electron chi connectivity index (χ4n) is 4.09. The van der Waals surface area contributed by atoms with Crippen molar-refractivity contribution in [2.45, 2.75) is 12.9 Å². The van der Waals surface area contributed by atoms with E-state index in [1.807, 2.05) is 36.4 Å². The second-order valence-electron chi connectivity index (χ2n) is 8.42. The van der Waals surface area contributed by atoms with E-state index in [9.17, 15) is 4.39 Å². The predicted octanol–water partition coefficient (Wildman–Crippen LogP) is 7.05. The maximum atomic E-state index is 13.4. The maximum absolute atomic E-state index is 13.4. The molecule has 1 aliphatic rings. The molecule has 1 saturated heterocycles. The zero-order valence-corrected chi connectivity index (χ0v) is 20.2. The summed E-state index contributed by atoms with van der Waals surface area (Å²) in [5.41, 5.74) is 3.09. The molecule has 0 aliphatic carbocycles.